The van der Waals surface area contributed by atoms with Crippen molar-refractivity contribution in [3.63, 3.8) is 0 Å². The molecule has 1 rings (SSSR count). The summed E-state index contributed by atoms with van der Waals surface area (Å²) in [5.41, 5.74) is -0.0891. The molecule has 1 aliphatic heterocycles. The molecule has 0 aromatic carbocycles. The van der Waals surface area contributed by atoms with Crippen LogP contribution in [0, 0.1) is 0 Å². The van der Waals surface area contributed by atoms with Gasteiger partial charge in [-0.1, -0.05) is 0 Å². The highest BCUT2D eigenvalue weighted by Gasteiger charge is 2.40. The van der Waals surface area contributed by atoms with Crippen LogP contribution in [0.4, 0.5) is 13.2 Å². The molecule has 1 aliphatic rings. The van der Waals surface area contributed by atoms with Crippen molar-refractivity contribution in [2.45, 2.75) is 25.1 Å². The van der Waals surface area contributed by atoms with Crippen LogP contribution in [0.15, 0.2) is 11.8 Å². The Bertz CT molecular complexity index is 186. The maximum absolute atomic E-state index is 11.9. The lowest BCUT2D eigenvalue weighted by atomic mass is 10.0. The topological polar surface area (TPSA) is 29.5 Å². The van der Waals surface area contributed by atoms with Crippen molar-refractivity contribution in [2.24, 2.45) is 0 Å². The average molecular weight is 182 g/mol. The Morgan fingerprint density at radius 2 is 2.17 bits per heavy atom. The summed E-state index contributed by atoms with van der Waals surface area (Å²) >= 11 is 0. The number of alkyl halides is 3. The molecule has 1 atom stereocenters. The van der Waals surface area contributed by atoms with Gasteiger partial charge in [0.1, 0.15) is 0 Å². The molecular weight excluding hydrogens is 173 g/mol. The number of aliphatic hydroxyl groups is 1. The zero-order valence-corrected chi connectivity index (χ0v) is 6.27. The van der Waals surface area contributed by atoms with E-state index in [1.807, 2.05) is 0 Å². The fourth-order valence-corrected chi connectivity index (χ4v) is 0.996. The molecule has 0 amide bonds. The monoisotopic (exact) mass is 182 g/mol. The van der Waals surface area contributed by atoms with Crippen molar-refractivity contribution in [1.82, 2.24) is 0 Å². The predicted octanol–water partition coefficient (Wildman–Crippen LogP) is 1.60. The minimum atomic E-state index is -4.58. The summed E-state index contributed by atoms with van der Waals surface area (Å²) in [5.74, 6) is 0. The van der Waals surface area contributed by atoms with Crippen LogP contribution in [0.5, 0.6) is 0 Å². The molecular formula is C7H9F3O2. The van der Waals surface area contributed by atoms with Crippen LogP contribution in [0.2, 0.25) is 0 Å². The first-order chi connectivity index (χ1) is 5.52. The maximum Gasteiger partial charge on any atom is 0.418 e. The summed E-state index contributed by atoms with van der Waals surface area (Å²) in [6, 6.07) is 0. The van der Waals surface area contributed by atoms with Crippen molar-refractivity contribution in [2.75, 3.05) is 6.61 Å². The van der Waals surface area contributed by atoms with Crippen molar-refractivity contribution in [3.05, 3.63) is 11.8 Å². The molecule has 12 heavy (non-hydrogen) atoms. The molecule has 0 bridgehead atoms. The molecule has 0 spiro atoms. The Hall–Kier alpha value is -0.710. The van der Waals surface area contributed by atoms with Gasteiger partial charge in [-0.15, -0.1) is 0 Å². The van der Waals surface area contributed by atoms with Gasteiger partial charge in [-0.2, -0.15) is 13.2 Å². The average Bonchev–Trinajstić information content (AvgIpc) is 2.03. The molecule has 0 fully saturated rings. The van der Waals surface area contributed by atoms with Gasteiger partial charge >= 0.3 is 6.18 Å². The molecule has 1 N–H and O–H groups in total. The fourth-order valence-electron chi connectivity index (χ4n) is 0.996. The van der Waals surface area contributed by atoms with Crippen LogP contribution in [-0.2, 0) is 4.74 Å². The van der Waals surface area contributed by atoms with Crippen molar-refractivity contribution in [1.29, 1.82) is 0 Å². The minimum absolute atomic E-state index is 0.0891. The van der Waals surface area contributed by atoms with E-state index >= 15 is 0 Å². The Labute approximate surface area is 67.6 Å². The zero-order valence-electron chi connectivity index (χ0n) is 6.27. The van der Waals surface area contributed by atoms with Crippen molar-refractivity contribution < 1.29 is 23.0 Å². The lowest BCUT2D eigenvalue weighted by molar-refractivity contribution is -0.193. The van der Waals surface area contributed by atoms with E-state index in [4.69, 9.17) is 5.11 Å². The van der Waals surface area contributed by atoms with E-state index in [0.29, 0.717) is 13.0 Å². The van der Waals surface area contributed by atoms with Crippen molar-refractivity contribution in [3.8, 4) is 0 Å². The Kier molecular flexibility index (Phi) is 2.62. The zero-order chi connectivity index (χ0) is 9.19. The van der Waals surface area contributed by atoms with Gasteiger partial charge in [0, 0.05) is 5.57 Å². The highest BCUT2D eigenvalue weighted by Crippen LogP contribution is 2.28. The summed E-state index contributed by atoms with van der Waals surface area (Å²) in [4.78, 5) is 0. The van der Waals surface area contributed by atoms with E-state index < -0.39 is 12.3 Å². The van der Waals surface area contributed by atoms with E-state index in [1.54, 1.807) is 0 Å². The number of ether oxygens (including phenoxy) is 1. The van der Waals surface area contributed by atoms with E-state index in [2.05, 4.69) is 4.74 Å². The third-order valence-corrected chi connectivity index (χ3v) is 1.62. The molecule has 0 saturated heterocycles. The van der Waals surface area contributed by atoms with Crippen LogP contribution in [0.3, 0.4) is 0 Å². The third-order valence-electron chi connectivity index (χ3n) is 1.62. The van der Waals surface area contributed by atoms with Gasteiger partial charge in [-0.05, 0) is 12.8 Å². The second kappa shape index (κ2) is 3.35. The summed E-state index contributed by atoms with van der Waals surface area (Å²) in [6.07, 6.45) is -5.16. The fraction of sp³-hybridized carbons (Fsp3) is 0.714. The van der Waals surface area contributed by atoms with Crippen LogP contribution < -0.4 is 0 Å². The lowest BCUT2D eigenvalue weighted by Gasteiger charge is -2.20. The molecule has 0 saturated carbocycles. The van der Waals surface area contributed by atoms with Crippen LogP contribution in [0.25, 0.3) is 0 Å². The van der Waals surface area contributed by atoms with Gasteiger partial charge in [-0.25, -0.2) is 0 Å². The van der Waals surface area contributed by atoms with E-state index in [-0.39, 0.29) is 12.0 Å². The molecule has 0 aromatic rings. The van der Waals surface area contributed by atoms with Gasteiger partial charge < -0.3 is 9.84 Å². The van der Waals surface area contributed by atoms with Crippen LogP contribution >= 0.6 is 0 Å². The normalized spacial score (nSPS) is 21.2. The number of hydrogen-bond acceptors (Lipinski definition) is 2. The summed E-state index contributed by atoms with van der Waals surface area (Å²) in [6.45, 7) is 0.425. The Morgan fingerprint density at radius 1 is 1.50 bits per heavy atom. The second-order valence-electron chi connectivity index (χ2n) is 2.61. The van der Waals surface area contributed by atoms with E-state index in [1.165, 1.54) is 0 Å². The number of hydrogen-bond donors (Lipinski definition) is 1. The lowest BCUT2D eigenvalue weighted by Crippen LogP contribution is -2.31. The summed E-state index contributed by atoms with van der Waals surface area (Å²) < 4.78 is 40.3. The highest BCUT2D eigenvalue weighted by molar-refractivity contribution is 5.09. The third kappa shape index (κ3) is 2.14. The molecule has 0 aromatic heterocycles. The maximum atomic E-state index is 11.9. The molecule has 70 valence electrons. The summed E-state index contributed by atoms with van der Waals surface area (Å²) in [7, 11) is 0. The first kappa shape index (κ1) is 9.38. The number of rotatable bonds is 1. The minimum Gasteiger partial charge on any atom is -0.501 e. The second-order valence-corrected chi connectivity index (χ2v) is 2.61. The molecule has 0 unspecified atom stereocenters. The Balaban J connectivity index is 2.62. The molecule has 2 nitrogen and oxygen atoms in total. The molecule has 0 aliphatic carbocycles. The number of halogens is 3. The van der Waals surface area contributed by atoms with Gasteiger partial charge in [-0.3, -0.25) is 0 Å². The number of aliphatic hydroxyl groups excluding tert-OH is 1. The molecule has 5 heteroatoms. The van der Waals surface area contributed by atoms with E-state index in [9.17, 15) is 13.2 Å². The molecule has 0 radical (unpaired) electrons. The standard InChI is InChI=1S/C7H9F3O2/c8-7(9,10)6(11)5-2-1-3-12-4-5/h4,6,11H,1-3H2/t6-/m1/s1. The first-order valence-electron chi connectivity index (χ1n) is 3.57. The van der Waals surface area contributed by atoms with Gasteiger partial charge in [0.15, 0.2) is 6.10 Å². The highest BCUT2D eigenvalue weighted by atomic mass is 19.4. The van der Waals surface area contributed by atoms with Gasteiger partial charge in [0.25, 0.3) is 0 Å². The van der Waals surface area contributed by atoms with Crippen molar-refractivity contribution >= 4 is 0 Å². The van der Waals surface area contributed by atoms with E-state index in [0.717, 1.165) is 6.26 Å². The SMILES string of the molecule is O[C@H](C1=COCCC1)C(F)(F)F. The predicted molar refractivity (Wildman–Crippen MR) is 35.3 cm³/mol. The molecule has 1 heterocycles. The largest absolute Gasteiger partial charge is 0.501 e. The Morgan fingerprint density at radius 3 is 2.58 bits per heavy atom. The summed E-state index contributed by atoms with van der Waals surface area (Å²) in [5, 5.41) is 8.74. The van der Waals surface area contributed by atoms with Gasteiger partial charge in [0.2, 0.25) is 0 Å². The smallest absolute Gasteiger partial charge is 0.418 e. The van der Waals surface area contributed by atoms with Crippen LogP contribution in [0.1, 0.15) is 12.8 Å². The van der Waals surface area contributed by atoms with Gasteiger partial charge in [0.05, 0.1) is 12.9 Å². The van der Waals surface area contributed by atoms with Crippen LogP contribution in [-0.4, -0.2) is 24.0 Å². The quantitative estimate of drug-likeness (QED) is 0.667. The first-order valence-corrected chi connectivity index (χ1v) is 3.57.